The van der Waals surface area contributed by atoms with Crippen LogP contribution in [-0.4, -0.2) is 43.0 Å². The van der Waals surface area contributed by atoms with Gasteiger partial charge in [-0.3, -0.25) is 0 Å². The van der Waals surface area contributed by atoms with Crippen molar-refractivity contribution in [3.8, 4) is 0 Å². The molecule has 2 saturated heterocycles. The van der Waals surface area contributed by atoms with E-state index in [0.29, 0.717) is 5.56 Å². The number of rotatable bonds is 2. The van der Waals surface area contributed by atoms with E-state index in [1.54, 1.807) is 29.3 Å². The molecule has 2 atom stereocenters. The van der Waals surface area contributed by atoms with E-state index in [9.17, 15) is 13.2 Å². The number of fused-ring (bicyclic) bond motifs is 2. The average molecular weight is 281 g/mol. The van der Waals surface area contributed by atoms with Gasteiger partial charge in [0.2, 0.25) is 0 Å². The highest BCUT2D eigenvalue weighted by molar-refractivity contribution is 7.91. The number of hydrogen-bond acceptors (Lipinski definition) is 5. The summed E-state index contributed by atoms with van der Waals surface area (Å²) in [5.41, 5.74) is 0.482. The van der Waals surface area contributed by atoms with Gasteiger partial charge in [0.05, 0.1) is 29.2 Å². The Bertz CT molecular complexity index is 564. The number of carbonyl (C=O) groups excluding carboxylic acids is 1. The van der Waals surface area contributed by atoms with Crippen LogP contribution in [-0.2, 0) is 14.7 Å². The van der Waals surface area contributed by atoms with Crippen LogP contribution in [0.5, 0.6) is 0 Å². The zero-order valence-electron chi connectivity index (χ0n) is 10.4. The van der Waals surface area contributed by atoms with Crippen LogP contribution < -0.4 is 0 Å². The Morgan fingerprint density at radius 1 is 1.11 bits per heavy atom. The van der Waals surface area contributed by atoms with E-state index in [2.05, 4.69) is 0 Å². The number of benzene rings is 1. The van der Waals surface area contributed by atoms with E-state index in [1.165, 1.54) is 0 Å². The van der Waals surface area contributed by atoms with Crippen LogP contribution in [0, 0.1) is 0 Å². The summed E-state index contributed by atoms with van der Waals surface area (Å²) in [6, 6.07) is 8.37. The Morgan fingerprint density at radius 2 is 1.68 bits per heavy atom. The van der Waals surface area contributed by atoms with Crippen LogP contribution in [0.4, 0.5) is 0 Å². The first kappa shape index (κ1) is 12.6. The van der Waals surface area contributed by atoms with E-state index in [1.807, 2.05) is 6.07 Å². The molecule has 5 nitrogen and oxygen atoms in total. The molecule has 0 radical (unpaired) electrons. The molecule has 6 heteroatoms. The number of sulfone groups is 1. The summed E-state index contributed by atoms with van der Waals surface area (Å²) in [6.07, 6.45) is 1.54. The van der Waals surface area contributed by atoms with Gasteiger partial charge in [-0.05, 0) is 25.0 Å². The van der Waals surface area contributed by atoms with Gasteiger partial charge >= 0.3 is 5.97 Å². The first-order chi connectivity index (χ1) is 9.05. The van der Waals surface area contributed by atoms with Gasteiger partial charge in [-0.2, -0.15) is 0 Å². The van der Waals surface area contributed by atoms with Gasteiger partial charge in [0.25, 0.3) is 0 Å². The van der Waals surface area contributed by atoms with Crippen LogP contribution in [0.25, 0.3) is 0 Å². The highest BCUT2D eigenvalue weighted by atomic mass is 32.2. The van der Waals surface area contributed by atoms with E-state index < -0.39 is 15.8 Å². The molecule has 1 aromatic carbocycles. The summed E-state index contributed by atoms with van der Waals surface area (Å²) in [4.78, 5) is 17.4. The summed E-state index contributed by atoms with van der Waals surface area (Å²) >= 11 is 0. The lowest BCUT2D eigenvalue weighted by Crippen LogP contribution is -2.49. The fourth-order valence-corrected chi connectivity index (χ4v) is 4.71. The molecule has 102 valence electrons. The van der Waals surface area contributed by atoms with Gasteiger partial charge in [0.1, 0.15) is 0 Å². The van der Waals surface area contributed by atoms with Gasteiger partial charge in [-0.1, -0.05) is 18.2 Å². The van der Waals surface area contributed by atoms with Gasteiger partial charge < -0.3 is 4.84 Å². The average Bonchev–Trinajstić information content (AvgIpc) is 2.63. The zero-order valence-corrected chi connectivity index (χ0v) is 11.2. The van der Waals surface area contributed by atoms with E-state index in [-0.39, 0.29) is 23.6 Å². The van der Waals surface area contributed by atoms with E-state index >= 15 is 0 Å². The maximum Gasteiger partial charge on any atom is 0.357 e. The zero-order chi connectivity index (χ0) is 13.5. The van der Waals surface area contributed by atoms with Crippen LogP contribution >= 0.6 is 0 Å². The Kier molecular flexibility index (Phi) is 3.06. The fourth-order valence-electron chi connectivity index (χ4n) is 2.78. The van der Waals surface area contributed by atoms with E-state index in [0.717, 1.165) is 12.8 Å². The van der Waals surface area contributed by atoms with Crippen LogP contribution in [0.15, 0.2) is 30.3 Å². The Hall–Kier alpha value is -1.40. The third-order valence-corrected chi connectivity index (χ3v) is 5.43. The van der Waals surface area contributed by atoms with Gasteiger partial charge in [-0.15, -0.1) is 5.06 Å². The number of hydroxylamine groups is 2. The van der Waals surface area contributed by atoms with Crippen molar-refractivity contribution < 1.29 is 18.0 Å². The largest absolute Gasteiger partial charge is 0.363 e. The molecule has 1 aromatic rings. The number of nitrogens with zero attached hydrogens (tertiary/aromatic N) is 1. The van der Waals surface area contributed by atoms with Gasteiger partial charge in [-0.25, -0.2) is 13.2 Å². The molecule has 0 spiro atoms. The van der Waals surface area contributed by atoms with Crippen LogP contribution in [0.3, 0.4) is 0 Å². The van der Waals surface area contributed by atoms with Crippen molar-refractivity contribution >= 4 is 15.8 Å². The molecule has 19 heavy (non-hydrogen) atoms. The smallest absolute Gasteiger partial charge is 0.357 e. The second kappa shape index (κ2) is 4.61. The third kappa shape index (κ3) is 2.50. The molecule has 2 heterocycles. The normalized spacial score (nSPS) is 29.1. The van der Waals surface area contributed by atoms with Crippen LogP contribution in [0.2, 0.25) is 0 Å². The summed E-state index contributed by atoms with van der Waals surface area (Å²) in [7, 11) is -2.98. The van der Waals surface area contributed by atoms with E-state index in [4.69, 9.17) is 4.84 Å². The maximum atomic E-state index is 12.0. The molecular formula is C13H15NO4S. The summed E-state index contributed by atoms with van der Waals surface area (Å²) in [6.45, 7) is 0. The molecule has 0 saturated carbocycles. The number of hydrogen-bond donors (Lipinski definition) is 0. The summed E-state index contributed by atoms with van der Waals surface area (Å²) in [5, 5.41) is 1.59. The maximum absolute atomic E-state index is 12.0. The second-order valence-electron chi connectivity index (χ2n) is 5.07. The Morgan fingerprint density at radius 3 is 2.26 bits per heavy atom. The van der Waals surface area contributed by atoms with Crippen molar-refractivity contribution in [3.05, 3.63) is 35.9 Å². The molecule has 2 aliphatic rings. The Balaban J connectivity index is 1.74. The molecule has 0 amide bonds. The summed E-state index contributed by atoms with van der Waals surface area (Å²) < 4.78 is 23.3. The molecular weight excluding hydrogens is 266 g/mol. The number of carbonyl (C=O) groups is 1. The molecule has 0 aromatic heterocycles. The molecule has 3 rings (SSSR count). The standard InChI is InChI=1S/C13H15NO4S/c15-13(10-4-2-1-3-5-10)18-14-11-6-7-12(14)9-19(16,17)8-11/h1-5,11-12H,6-9H2. The summed E-state index contributed by atoms with van der Waals surface area (Å²) in [5.74, 6) is -0.242. The highest BCUT2D eigenvalue weighted by Crippen LogP contribution is 2.31. The predicted molar refractivity (Wildman–Crippen MR) is 69.2 cm³/mol. The first-order valence-corrected chi connectivity index (χ1v) is 8.13. The van der Waals surface area contributed by atoms with Gasteiger partial charge in [0, 0.05) is 0 Å². The first-order valence-electron chi connectivity index (χ1n) is 6.31. The molecule has 2 fully saturated rings. The second-order valence-corrected chi connectivity index (χ2v) is 7.22. The Labute approximate surface area is 112 Å². The minimum absolute atomic E-state index is 0.0889. The lowest BCUT2D eigenvalue weighted by atomic mass is 10.2. The molecule has 0 aliphatic carbocycles. The molecule has 2 unspecified atom stereocenters. The van der Waals surface area contributed by atoms with Crippen LogP contribution in [0.1, 0.15) is 23.2 Å². The topological polar surface area (TPSA) is 63.7 Å². The van der Waals surface area contributed by atoms with Crippen molar-refractivity contribution in [2.24, 2.45) is 0 Å². The molecule has 0 N–H and O–H groups in total. The minimum Gasteiger partial charge on any atom is -0.363 e. The minimum atomic E-state index is -2.98. The van der Waals surface area contributed by atoms with Crippen molar-refractivity contribution in [2.75, 3.05) is 11.5 Å². The SMILES string of the molecule is O=C(ON1C2CCC1CS(=O)(=O)C2)c1ccccc1. The monoisotopic (exact) mass is 281 g/mol. The third-order valence-electron chi connectivity index (χ3n) is 3.64. The highest BCUT2D eigenvalue weighted by Gasteiger charge is 2.45. The molecule has 2 aliphatic heterocycles. The fraction of sp³-hybridized carbons (Fsp3) is 0.462. The van der Waals surface area contributed by atoms with Crippen molar-refractivity contribution in [1.82, 2.24) is 5.06 Å². The van der Waals surface area contributed by atoms with Crippen molar-refractivity contribution in [1.29, 1.82) is 0 Å². The van der Waals surface area contributed by atoms with Crippen molar-refractivity contribution in [3.63, 3.8) is 0 Å². The quantitative estimate of drug-likeness (QED) is 0.810. The van der Waals surface area contributed by atoms with Crippen molar-refractivity contribution in [2.45, 2.75) is 24.9 Å². The predicted octanol–water partition coefficient (Wildman–Crippen LogP) is 1.02. The van der Waals surface area contributed by atoms with Gasteiger partial charge in [0.15, 0.2) is 9.84 Å². The lowest BCUT2D eigenvalue weighted by molar-refractivity contribution is -0.138. The molecule has 2 bridgehead atoms. The lowest BCUT2D eigenvalue weighted by Gasteiger charge is -2.32.